The Morgan fingerprint density at radius 3 is 2.46 bits per heavy atom. The van der Waals surface area contributed by atoms with Crippen LogP contribution in [0.2, 0.25) is 0 Å². The maximum Gasteiger partial charge on any atom is 0.263 e. The summed E-state index contributed by atoms with van der Waals surface area (Å²) >= 11 is 0. The molecule has 0 spiro atoms. The molecular weight excluding hydrogens is 326 g/mol. The largest absolute Gasteiger partial charge is 0.481 e. The van der Waals surface area contributed by atoms with Crippen LogP contribution in [0, 0.1) is 11.8 Å². The summed E-state index contributed by atoms with van der Waals surface area (Å²) in [6.45, 7) is 2.00. The summed E-state index contributed by atoms with van der Waals surface area (Å²) in [5, 5.41) is 7.95. The molecule has 1 amide bonds. The molecule has 0 radical (unpaired) electrons. The lowest BCUT2D eigenvalue weighted by Crippen LogP contribution is -2.29. The summed E-state index contributed by atoms with van der Waals surface area (Å²) in [6.07, 6.45) is 0. The number of nitrogens with one attached hydrogen (secondary N) is 1. The molecule has 0 heterocycles. The maximum atomic E-state index is 12.8. The lowest BCUT2D eigenvalue weighted by Gasteiger charge is -2.15. The van der Waals surface area contributed by atoms with Crippen molar-refractivity contribution in [2.75, 3.05) is 6.61 Å². The minimum absolute atomic E-state index is 0.276. The first-order valence-corrected chi connectivity index (χ1v) is 8.40. The number of hydrogen-bond acceptors (Lipinski definition) is 4. The van der Waals surface area contributed by atoms with E-state index in [9.17, 15) is 9.00 Å². The fraction of sp³-hybridized carbons (Fsp3) is 0.167. The average molecular weight is 343 g/mol. The molecular formula is C18H17NO4S. The Morgan fingerprint density at radius 1 is 1.21 bits per heavy atom. The summed E-state index contributed by atoms with van der Waals surface area (Å²) in [6, 6.07) is 15.3. The molecule has 6 heteroatoms. The van der Waals surface area contributed by atoms with Crippen molar-refractivity contribution in [3.8, 4) is 17.6 Å². The lowest BCUT2D eigenvalue weighted by atomic mass is 10.1. The van der Waals surface area contributed by atoms with Gasteiger partial charge < -0.3 is 4.74 Å². The van der Waals surface area contributed by atoms with Crippen LogP contribution >= 0.6 is 0 Å². The van der Waals surface area contributed by atoms with Crippen molar-refractivity contribution in [1.29, 1.82) is 0 Å². The van der Waals surface area contributed by atoms with Gasteiger partial charge in [0.05, 0.1) is 10.8 Å². The van der Waals surface area contributed by atoms with Crippen LogP contribution in [0.15, 0.2) is 59.5 Å². The smallest absolute Gasteiger partial charge is 0.263 e. The van der Waals surface area contributed by atoms with Gasteiger partial charge in [-0.15, -0.1) is 5.92 Å². The second-order valence-corrected chi connectivity index (χ2v) is 6.29. The first-order chi connectivity index (χ1) is 11.7. The number of ether oxygens (including phenoxy) is 1. The number of amides is 1. The first kappa shape index (κ1) is 17.7. The molecule has 0 aliphatic carbocycles. The number of hydrogen-bond donors (Lipinski definition) is 2. The van der Waals surface area contributed by atoms with Crippen molar-refractivity contribution in [3.05, 3.63) is 60.2 Å². The van der Waals surface area contributed by atoms with Crippen molar-refractivity contribution in [2.24, 2.45) is 0 Å². The highest BCUT2D eigenvalue weighted by atomic mass is 32.2. The van der Waals surface area contributed by atoms with Gasteiger partial charge in [0.25, 0.3) is 5.91 Å². The van der Waals surface area contributed by atoms with Gasteiger partial charge in [-0.3, -0.25) is 14.2 Å². The molecule has 0 unspecified atom stereocenters. The van der Waals surface area contributed by atoms with E-state index >= 15 is 0 Å². The van der Waals surface area contributed by atoms with Gasteiger partial charge >= 0.3 is 0 Å². The monoisotopic (exact) mass is 343 g/mol. The van der Waals surface area contributed by atoms with Gasteiger partial charge in [-0.1, -0.05) is 36.3 Å². The quantitative estimate of drug-likeness (QED) is 0.480. The Bertz CT molecular complexity index is 763. The predicted molar refractivity (Wildman–Crippen MR) is 90.9 cm³/mol. The number of rotatable bonds is 6. The topological polar surface area (TPSA) is 75.6 Å². The van der Waals surface area contributed by atoms with E-state index in [-0.39, 0.29) is 6.61 Å². The van der Waals surface area contributed by atoms with Crippen LogP contribution in [0.25, 0.3) is 0 Å². The van der Waals surface area contributed by atoms with E-state index in [1.54, 1.807) is 67.0 Å². The second-order valence-electron chi connectivity index (χ2n) is 4.75. The Morgan fingerprint density at radius 2 is 1.88 bits per heavy atom. The van der Waals surface area contributed by atoms with E-state index in [0.717, 1.165) is 0 Å². The van der Waals surface area contributed by atoms with E-state index in [1.807, 2.05) is 0 Å². The van der Waals surface area contributed by atoms with Gasteiger partial charge in [0.1, 0.15) is 17.6 Å². The normalized spacial score (nSPS) is 12.4. The number of hydroxylamine groups is 1. The summed E-state index contributed by atoms with van der Waals surface area (Å²) in [5.74, 6) is 5.39. The minimum atomic E-state index is -1.67. The molecule has 2 aromatic carbocycles. The highest BCUT2D eigenvalue weighted by Crippen LogP contribution is 2.26. The minimum Gasteiger partial charge on any atom is -0.481 e. The molecule has 0 saturated carbocycles. The molecule has 2 aromatic rings. The Labute approximate surface area is 143 Å². The van der Waals surface area contributed by atoms with Crippen LogP contribution in [0.3, 0.4) is 0 Å². The molecule has 2 N–H and O–H groups in total. The second kappa shape index (κ2) is 8.87. The molecule has 0 aliphatic rings. The van der Waals surface area contributed by atoms with E-state index in [4.69, 9.17) is 9.94 Å². The molecule has 0 aromatic heterocycles. The number of benzene rings is 2. The van der Waals surface area contributed by atoms with Gasteiger partial charge in [-0.25, -0.2) is 5.48 Å². The molecule has 24 heavy (non-hydrogen) atoms. The molecule has 0 saturated heterocycles. The molecule has 2 rings (SSSR count). The van der Waals surface area contributed by atoms with E-state index in [2.05, 4.69) is 11.8 Å². The summed E-state index contributed by atoms with van der Waals surface area (Å²) in [7, 11) is -1.67. The third-order valence-electron chi connectivity index (χ3n) is 3.21. The van der Waals surface area contributed by atoms with Crippen molar-refractivity contribution >= 4 is 16.7 Å². The summed E-state index contributed by atoms with van der Waals surface area (Å²) < 4.78 is 18.2. The van der Waals surface area contributed by atoms with Crippen LogP contribution in [0.1, 0.15) is 17.7 Å². The average Bonchev–Trinajstić information content (AvgIpc) is 2.63. The van der Waals surface area contributed by atoms with Crippen molar-refractivity contribution in [1.82, 2.24) is 5.48 Å². The maximum absolute atomic E-state index is 12.8. The van der Waals surface area contributed by atoms with Crippen molar-refractivity contribution < 1.29 is 18.9 Å². The third kappa shape index (κ3) is 4.44. The van der Waals surface area contributed by atoms with Gasteiger partial charge in [-0.05, 0) is 36.8 Å². The third-order valence-corrected chi connectivity index (χ3v) is 4.86. The van der Waals surface area contributed by atoms with Gasteiger partial charge in [0, 0.05) is 4.90 Å². The zero-order chi connectivity index (χ0) is 17.4. The molecule has 124 valence electrons. The van der Waals surface area contributed by atoms with Crippen molar-refractivity contribution in [3.63, 3.8) is 0 Å². The predicted octanol–water partition coefficient (Wildman–Crippen LogP) is 2.44. The Balaban J connectivity index is 2.23. The highest BCUT2D eigenvalue weighted by molar-refractivity contribution is 7.86. The zero-order valence-corrected chi connectivity index (χ0v) is 13.9. The summed E-state index contributed by atoms with van der Waals surface area (Å²) in [4.78, 5) is 12.4. The van der Waals surface area contributed by atoms with Crippen LogP contribution in [-0.4, -0.2) is 21.9 Å². The first-order valence-electron chi connectivity index (χ1n) is 7.19. The lowest BCUT2D eigenvalue weighted by molar-refractivity contribution is -0.128. The fourth-order valence-electron chi connectivity index (χ4n) is 2.06. The fourth-order valence-corrected chi connectivity index (χ4v) is 3.38. The van der Waals surface area contributed by atoms with Crippen LogP contribution < -0.4 is 10.2 Å². The van der Waals surface area contributed by atoms with Gasteiger partial charge in [0.2, 0.25) is 0 Å². The van der Waals surface area contributed by atoms with Gasteiger partial charge in [0.15, 0.2) is 0 Å². The standard InChI is InChI=1S/C18H17NO4S/c1-2-3-13-23-15-9-11-16(12-10-15)24(22)17(18(20)19-21)14-7-5-4-6-8-14/h4-12,17,21H,13H2,1H3,(H,19,20)/t17-,24+/m0/s1. The molecule has 0 aliphatic heterocycles. The molecule has 5 nitrogen and oxygen atoms in total. The van der Waals surface area contributed by atoms with Crippen LogP contribution in [0.5, 0.6) is 5.75 Å². The van der Waals surface area contributed by atoms with Gasteiger partial charge in [-0.2, -0.15) is 0 Å². The highest BCUT2D eigenvalue weighted by Gasteiger charge is 2.28. The van der Waals surface area contributed by atoms with E-state index in [0.29, 0.717) is 16.2 Å². The zero-order valence-electron chi connectivity index (χ0n) is 13.1. The Kier molecular flexibility index (Phi) is 6.55. The number of carbonyl (C=O) groups is 1. The van der Waals surface area contributed by atoms with Crippen LogP contribution in [-0.2, 0) is 15.6 Å². The SMILES string of the molecule is CC#CCOc1ccc([S@@](=O)[C@H](C(=O)NO)c2ccccc2)cc1. The van der Waals surface area contributed by atoms with Crippen LogP contribution in [0.4, 0.5) is 0 Å². The molecule has 2 atom stereocenters. The molecule has 0 bridgehead atoms. The summed E-state index contributed by atoms with van der Waals surface area (Å²) in [5.41, 5.74) is 2.14. The number of carbonyl (C=O) groups excluding carboxylic acids is 1. The van der Waals surface area contributed by atoms with E-state index in [1.165, 1.54) is 0 Å². The van der Waals surface area contributed by atoms with E-state index < -0.39 is 22.0 Å². The molecule has 0 fully saturated rings. The Hall–Kier alpha value is -2.62. The van der Waals surface area contributed by atoms with Crippen molar-refractivity contribution in [2.45, 2.75) is 17.1 Å².